The van der Waals surface area contributed by atoms with Crippen molar-refractivity contribution in [2.75, 3.05) is 32.7 Å². The zero-order valence-electron chi connectivity index (χ0n) is 16.7. The maximum Gasteiger partial charge on any atom is 0.275 e. The van der Waals surface area contributed by atoms with Gasteiger partial charge in [0.15, 0.2) is 6.54 Å². The van der Waals surface area contributed by atoms with Crippen molar-refractivity contribution in [1.82, 2.24) is 9.62 Å². The predicted molar refractivity (Wildman–Crippen MR) is 114 cm³/mol. The molecule has 2 aromatic rings. The SMILES string of the molecule is Cc1ccc(S(=O)(=O)N2CC[NH+](CC(=O)NCc3ccccc3Cl)CC2)cc1C. The van der Waals surface area contributed by atoms with Gasteiger partial charge in [-0.3, -0.25) is 4.79 Å². The molecule has 0 saturated carbocycles. The summed E-state index contributed by atoms with van der Waals surface area (Å²) in [6.45, 7) is 6.60. The highest BCUT2D eigenvalue weighted by molar-refractivity contribution is 7.89. The highest BCUT2D eigenvalue weighted by Crippen LogP contribution is 2.19. The van der Waals surface area contributed by atoms with Gasteiger partial charge in [0, 0.05) is 11.6 Å². The lowest BCUT2D eigenvalue weighted by Gasteiger charge is -2.31. The number of sulfonamides is 1. The molecule has 156 valence electrons. The van der Waals surface area contributed by atoms with Crippen LogP contribution in [0.2, 0.25) is 5.02 Å². The van der Waals surface area contributed by atoms with Gasteiger partial charge in [-0.1, -0.05) is 35.9 Å². The topological polar surface area (TPSA) is 70.9 Å². The van der Waals surface area contributed by atoms with Crippen molar-refractivity contribution in [2.45, 2.75) is 25.3 Å². The zero-order valence-corrected chi connectivity index (χ0v) is 18.3. The van der Waals surface area contributed by atoms with Crippen LogP contribution in [0.3, 0.4) is 0 Å². The summed E-state index contributed by atoms with van der Waals surface area (Å²) in [5.41, 5.74) is 2.91. The lowest BCUT2D eigenvalue weighted by atomic mass is 10.1. The minimum Gasteiger partial charge on any atom is -0.347 e. The molecular weight excluding hydrogens is 410 g/mol. The lowest BCUT2D eigenvalue weighted by molar-refractivity contribution is -0.895. The fourth-order valence-corrected chi connectivity index (χ4v) is 5.10. The average molecular weight is 437 g/mol. The highest BCUT2D eigenvalue weighted by Gasteiger charge is 2.31. The highest BCUT2D eigenvalue weighted by atomic mass is 35.5. The van der Waals surface area contributed by atoms with E-state index in [2.05, 4.69) is 5.32 Å². The van der Waals surface area contributed by atoms with Crippen LogP contribution in [0, 0.1) is 13.8 Å². The van der Waals surface area contributed by atoms with Gasteiger partial charge in [-0.15, -0.1) is 0 Å². The second-order valence-electron chi connectivity index (χ2n) is 7.45. The van der Waals surface area contributed by atoms with E-state index in [0.29, 0.717) is 49.2 Å². The molecule has 0 radical (unpaired) electrons. The first-order valence-electron chi connectivity index (χ1n) is 9.68. The second kappa shape index (κ2) is 9.26. The first-order chi connectivity index (χ1) is 13.8. The Bertz CT molecular complexity index is 986. The number of hydrogen-bond donors (Lipinski definition) is 2. The summed E-state index contributed by atoms with van der Waals surface area (Å²) < 4.78 is 27.3. The monoisotopic (exact) mass is 436 g/mol. The molecule has 0 unspecified atom stereocenters. The van der Waals surface area contributed by atoms with E-state index in [1.807, 2.05) is 38.1 Å². The maximum absolute atomic E-state index is 12.9. The van der Waals surface area contributed by atoms with Gasteiger partial charge in [-0.05, 0) is 48.7 Å². The van der Waals surface area contributed by atoms with Crippen molar-refractivity contribution in [1.29, 1.82) is 0 Å². The molecule has 1 fully saturated rings. The summed E-state index contributed by atoms with van der Waals surface area (Å²) in [7, 11) is -3.50. The smallest absolute Gasteiger partial charge is 0.275 e. The van der Waals surface area contributed by atoms with E-state index < -0.39 is 10.0 Å². The third-order valence-electron chi connectivity index (χ3n) is 5.39. The van der Waals surface area contributed by atoms with Crippen LogP contribution in [0.4, 0.5) is 0 Å². The lowest BCUT2D eigenvalue weighted by Crippen LogP contribution is -3.15. The average Bonchev–Trinajstić information content (AvgIpc) is 2.70. The fraction of sp³-hybridized carbons (Fsp3) is 0.381. The molecule has 1 heterocycles. The van der Waals surface area contributed by atoms with Crippen LogP contribution in [-0.2, 0) is 21.4 Å². The molecule has 6 nitrogen and oxygen atoms in total. The summed E-state index contributed by atoms with van der Waals surface area (Å²) in [6.07, 6.45) is 0. The van der Waals surface area contributed by atoms with Gasteiger partial charge in [-0.25, -0.2) is 8.42 Å². The molecule has 29 heavy (non-hydrogen) atoms. The molecule has 0 atom stereocenters. The van der Waals surface area contributed by atoms with Crippen molar-refractivity contribution in [3.8, 4) is 0 Å². The Labute approximate surface area is 177 Å². The second-order valence-corrected chi connectivity index (χ2v) is 9.79. The van der Waals surface area contributed by atoms with Gasteiger partial charge in [0.1, 0.15) is 0 Å². The number of benzene rings is 2. The predicted octanol–water partition coefficient (Wildman–Crippen LogP) is 1.16. The fourth-order valence-electron chi connectivity index (χ4n) is 3.37. The van der Waals surface area contributed by atoms with Crippen LogP contribution in [0.1, 0.15) is 16.7 Å². The molecule has 8 heteroatoms. The van der Waals surface area contributed by atoms with Gasteiger partial charge >= 0.3 is 0 Å². The Balaban J connectivity index is 1.51. The number of nitrogens with zero attached hydrogens (tertiary/aromatic N) is 1. The van der Waals surface area contributed by atoms with E-state index >= 15 is 0 Å². The van der Waals surface area contributed by atoms with Crippen LogP contribution in [0.15, 0.2) is 47.4 Å². The zero-order chi connectivity index (χ0) is 21.0. The van der Waals surface area contributed by atoms with Crippen molar-refractivity contribution in [3.05, 3.63) is 64.2 Å². The Morgan fingerprint density at radius 2 is 1.79 bits per heavy atom. The Kier molecular flexibility index (Phi) is 6.95. The number of halogens is 1. The van der Waals surface area contributed by atoms with Gasteiger partial charge in [-0.2, -0.15) is 4.31 Å². The number of carbonyl (C=O) groups is 1. The van der Waals surface area contributed by atoms with E-state index in [9.17, 15) is 13.2 Å². The summed E-state index contributed by atoms with van der Waals surface area (Å²) in [4.78, 5) is 13.7. The molecular formula is C21H27ClN3O3S+. The molecule has 0 bridgehead atoms. The van der Waals surface area contributed by atoms with E-state index in [1.165, 1.54) is 4.31 Å². The van der Waals surface area contributed by atoms with Gasteiger partial charge in [0.05, 0.1) is 31.1 Å². The van der Waals surface area contributed by atoms with Crippen molar-refractivity contribution in [3.63, 3.8) is 0 Å². The van der Waals surface area contributed by atoms with Gasteiger partial charge in [0.2, 0.25) is 10.0 Å². The normalized spacial score (nSPS) is 16.0. The molecule has 2 N–H and O–H groups in total. The quantitative estimate of drug-likeness (QED) is 0.714. The van der Waals surface area contributed by atoms with Crippen molar-refractivity contribution >= 4 is 27.5 Å². The van der Waals surface area contributed by atoms with E-state index in [-0.39, 0.29) is 5.91 Å². The van der Waals surface area contributed by atoms with E-state index in [4.69, 9.17) is 11.6 Å². The van der Waals surface area contributed by atoms with Crippen LogP contribution in [0.25, 0.3) is 0 Å². The Hall–Kier alpha value is -1.93. The number of piperazine rings is 1. The first kappa shape index (κ1) is 21.8. The summed E-state index contributed by atoms with van der Waals surface area (Å²) >= 11 is 6.11. The van der Waals surface area contributed by atoms with Crippen LogP contribution < -0.4 is 10.2 Å². The molecule has 0 aromatic heterocycles. The van der Waals surface area contributed by atoms with Gasteiger partial charge in [0.25, 0.3) is 5.91 Å². The molecule has 1 aliphatic rings. The molecule has 0 spiro atoms. The maximum atomic E-state index is 12.9. The van der Waals surface area contributed by atoms with Crippen LogP contribution in [0.5, 0.6) is 0 Å². The Morgan fingerprint density at radius 3 is 2.45 bits per heavy atom. The molecule has 1 amide bonds. The summed E-state index contributed by atoms with van der Waals surface area (Å²) in [5, 5.41) is 3.52. The largest absolute Gasteiger partial charge is 0.347 e. The third kappa shape index (κ3) is 5.36. The molecule has 3 rings (SSSR count). The summed E-state index contributed by atoms with van der Waals surface area (Å²) in [6, 6.07) is 12.6. The minimum atomic E-state index is -3.50. The minimum absolute atomic E-state index is 0.0645. The first-order valence-corrected chi connectivity index (χ1v) is 11.5. The standard InChI is InChI=1S/C21H26ClN3O3S/c1-16-7-8-19(13-17(16)2)29(27,28)25-11-9-24(10-12-25)15-21(26)23-14-18-5-3-4-6-20(18)22/h3-8,13H,9-12,14-15H2,1-2H3,(H,23,26)/p+1. The number of carbonyl (C=O) groups excluding carboxylic acids is 1. The number of amides is 1. The number of aryl methyl sites for hydroxylation is 2. The van der Waals surface area contributed by atoms with Crippen LogP contribution >= 0.6 is 11.6 Å². The molecule has 0 aliphatic carbocycles. The third-order valence-corrected chi connectivity index (χ3v) is 7.65. The number of hydrogen-bond acceptors (Lipinski definition) is 3. The molecule has 2 aromatic carbocycles. The van der Waals surface area contributed by atoms with Crippen molar-refractivity contribution < 1.29 is 18.1 Å². The van der Waals surface area contributed by atoms with E-state index in [1.54, 1.807) is 18.2 Å². The number of nitrogens with one attached hydrogen (secondary N) is 2. The Morgan fingerprint density at radius 1 is 1.10 bits per heavy atom. The van der Waals surface area contributed by atoms with Gasteiger partial charge < -0.3 is 10.2 Å². The summed E-state index contributed by atoms with van der Waals surface area (Å²) in [5.74, 6) is -0.0645. The van der Waals surface area contributed by atoms with Crippen LogP contribution in [-0.4, -0.2) is 51.4 Å². The number of rotatable bonds is 6. The van der Waals surface area contributed by atoms with Crippen molar-refractivity contribution in [2.24, 2.45) is 0 Å². The molecule has 1 saturated heterocycles. The van der Waals surface area contributed by atoms with E-state index in [0.717, 1.165) is 21.6 Å². The molecule has 1 aliphatic heterocycles. The number of quaternary nitrogens is 1.